The van der Waals surface area contributed by atoms with Gasteiger partial charge in [0.15, 0.2) is 0 Å². The molecule has 0 spiro atoms. The number of nitrogens with zero attached hydrogens (tertiary/aromatic N) is 3. The van der Waals surface area contributed by atoms with Crippen LogP contribution in [0.1, 0.15) is 50.7 Å². The van der Waals surface area contributed by atoms with Gasteiger partial charge in [0.05, 0.1) is 28.6 Å². The minimum Gasteiger partial charge on any atom is -0.304 e. The lowest BCUT2D eigenvalue weighted by atomic mass is 10.1. The number of hydrogen-bond donors (Lipinski definition) is 1. The molecule has 0 aromatic carbocycles. The molecule has 1 unspecified atom stereocenters. The quantitative estimate of drug-likeness (QED) is 0.820. The van der Waals surface area contributed by atoms with Crippen molar-refractivity contribution < 1.29 is 0 Å². The predicted octanol–water partition coefficient (Wildman–Crippen LogP) is 4.36. The van der Waals surface area contributed by atoms with Crippen molar-refractivity contribution in [2.75, 3.05) is 6.54 Å². The topological polar surface area (TPSA) is 42.7 Å². The fraction of sp³-hybridized carbons (Fsp3) is 0.467. The lowest BCUT2D eigenvalue weighted by Gasteiger charge is -2.22. The van der Waals surface area contributed by atoms with Crippen molar-refractivity contribution in [1.29, 1.82) is 0 Å². The van der Waals surface area contributed by atoms with E-state index in [1.807, 2.05) is 16.8 Å². The highest BCUT2D eigenvalue weighted by atomic mass is 79.9. The van der Waals surface area contributed by atoms with Crippen LogP contribution in [0, 0.1) is 0 Å². The van der Waals surface area contributed by atoms with Gasteiger partial charge in [0.2, 0.25) is 0 Å². The van der Waals surface area contributed by atoms with Crippen LogP contribution < -0.4 is 5.32 Å². The Morgan fingerprint density at radius 3 is 2.81 bits per heavy atom. The Kier molecular flexibility index (Phi) is 5.79. The van der Waals surface area contributed by atoms with Gasteiger partial charge >= 0.3 is 0 Å². The van der Waals surface area contributed by atoms with E-state index in [1.54, 1.807) is 12.4 Å². The highest BCUT2D eigenvalue weighted by molar-refractivity contribution is 9.10. The van der Waals surface area contributed by atoms with Crippen LogP contribution in [0.2, 0.25) is 5.02 Å². The summed E-state index contributed by atoms with van der Waals surface area (Å²) in [5, 5.41) is 8.59. The van der Waals surface area contributed by atoms with E-state index in [1.165, 1.54) is 0 Å². The molecule has 4 nitrogen and oxygen atoms in total. The normalized spacial score (nSPS) is 12.9. The molecule has 2 rings (SSSR count). The molecule has 2 aromatic rings. The van der Waals surface area contributed by atoms with Crippen LogP contribution in [-0.4, -0.2) is 21.3 Å². The van der Waals surface area contributed by atoms with E-state index in [0.717, 1.165) is 28.8 Å². The maximum atomic E-state index is 6.40. The van der Waals surface area contributed by atoms with E-state index in [0.29, 0.717) is 5.02 Å². The van der Waals surface area contributed by atoms with Gasteiger partial charge in [-0.3, -0.25) is 9.67 Å². The average Bonchev–Trinajstić information content (AvgIpc) is 2.83. The molecule has 0 amide bonds. The van der Waals surface area contributed by atoms with Crippen LogP contribution in [-0.2, 0) is 0 Å². The molecular weight excluding hydrogens is 352 g/mol. The second-order valence-electron chi connectivity index (χ2n) is 5.17. The Morgan fingerprint density at radius 1 is 1.43 bits per heavy atom. The van der Waals surface area contributed by atoms with Crippen LogP contribution >= 0.6 is 27.5 Å². The Bertz CT molecular complexity index is 597. The fourth-order valence-electron chi connectivity index (χ4n) is 2.25. The molecule has 0 aliphatic carbocycles. The summed E-state index contributed by atoms with van der Waals surface area (Å²) in [6.45, 7) is 7.21. The lowest BCUT2D eigenvalue weighted by molar-refractivity contribution is 0.467. The van der Waals surface area contributed by atoms with Gasteiger partial charge in [0.1, 0.15) is 0 Å². The van der Waals surface area contributed by atoms with Gasteiger partial charge < -0.3 is 5.32 Å². The fourth-order valence-corrected chi connectivity index (χ4v) is 2.98. The van der Waals surface area contributed by atoms with Gasteiger partial charge in [0, 0.05) is 16.7 Å². The Hall–Kier alpha value is -0.910. The lowest BCUT2D eigenvalue weighted by Crippen LogP contribution is -2.27. The third kappa shape index (κ3) is 3.65. The first-order valence-electron chi connectivity index (χ1n) is 7.13. The van der Waals surface area contributed by atoms with E-state index in [2.05, 4.69) is 52.1 Å². The third-order valence-electron chi connectivity index (χ3n) is 3.21. The first kappa shape index (κ1) is 16.5. The van der Waals surface area contributed by atoms with Crippen molar-refractivity contribution in [1.82, 2.24) is 20.1 Å². The van der Waals surface area contributed by atoms with Gasteiger partial charge in [-0.1, -0.05) is 18.5 Å². The SMILES string of the molecule is CCCNC(c1ncccc1Br)c1c(Cl)cnn1C(C)C. The number of rotatable bonds is 6. The van der Waals surface area contributed by atoms with E-state index >= 15 is 0 Å². The molecule has 6 heteroatoms. The second kappa shape index (κ2) is 7.38. The Morgan fingerprint density at radius 2 is 2.19 bits per heavy atom. The van der Waals surface area contributed by atoms with E-state index < -0.39 is 0 Å². The number of pyridine rings is 1. The zero-order chi connectivity index (χ0) is 15.4. The summed E-state index contributed by atoms with van der Waals surface area (Å²) in [5.41, 5.74) is 1.88. The van der Waals surface area contributed by atoms with Gasteiger partial charge in [-0.2, -0.15) is 5.10 Å². The predicted molar refractivity (Wildman–Crippen MR) is 89.7 cm³/mol. The summed E-state index contributed by atoms with van der Waals surface area (Å²) >= 11 is 9.98. The second-order valence-corrected chi connectivity index (χ2v) is 6.44. The minimum absolute atomic E-state index is 0.0853. The van der Waals surface area contributed by atoms with Crippen molar-refractivity contribution in [3.8, 4) is 0 Å². The number of halogens is 2. The molecule has 21 heavy (non-hydrogen) atoms. The molecule has 0 saturated heterocycles. The zero-order valence-corrected chi connectivity index (χ0v) is 14.8. The molecule has 0 bridgehead atoms. The minimum atomic E-state index is -0.0853. The molecule has 114 valence electrons. The first-order chi connectivity index (χ1) is 10.1. The van der Waals surface area contributed by atoms with E-state index in [4.69, 9.17) is 11.6 Å². The van der Waals surface area contributed by atoms with Crippen LogP contribution in [0.4, 0.5) is 0 Å². The number of aromatic nitrogens is 3. The summed E-state index contributed by atoms with van der Waals surface area (Å²) in [6, 6.07) is 4.05. The van der Waals surface area contributed by atoms with Gasteiger partial charge in [0.25, 0.3) is 0 Å². The maximum absolute atomic E-state index is 6.40. The Balaban J connectivity index is 2.51. The smallest absolute Gasteiger partial charge is 0.0948 e. The van der Waals surface area contributed by atoms with Crippen molar-refractivity contribution in [3.05, 3.63) is 45.4 Å². The molecule has 2 aromatic heterocycles. The van der Waals surface area contributed by atoms with Crippen LogP contribution in [0.3, 0.4) is 0 Å². The first-order valence-corrected chi connectivity index (χ1v) is 8.30. The van der Waals surface area contributed by atoms with E-state index in [9.17, 15) is 0 Å². The maximum Gasteiger partial charge on any atom is 0.0948 e. The summed E-state index contributed by atoms with van der Waals surface area (Å²) < 4.78 is 2.92. The van der Waals surface area contributed by atoms with Crippen LogP contribution in [0.15, 0.2) is 29.0 Å². The molecular formula is C15H20BrClN4. The molecule has 1 N–H and O–H groups in total. The number of hydrogen-bond acceptors (Lipinski definition) is 3. The largest absolute Gasteiger partial charge is 0.304 e. The number of nitrogens with one attached hydrogen (secondary N) is 1. The van der Waals surface area contributed by atoms with Gasteiger partial charge in [-0.25, -0.2) is 0 Å². The van der Waals surface area contributed by atoms with Crippen LogP contribution in [0.5, 0.6) is 0 Å². The molecule has 2 heterocycles. The van der Waals surface area contributed by atoms with Gasteiger partial charge in [-0.15, -0.1) is 0 Å². The standard InChI is InChI=1S/C15H20BrClN4/c1-4-7-18-14(13-11(16)6-5-8-19-13)15-12(17)9-20-21(15)10(2)3/h5-6,8-10,14,18H,4,7H2,1-3H3. The van der Waals surface area contributed by atoms with E-state index in [-0.39, 0.29) is 12.1 Å². The van der Waals surface area contributed by atoms with Gasteiger partial charge in [-0.05, 0) is 54.9 Å². The van der Waals surface area contributed by atoms with Crippen molar-refractivity contribution >= 4 is 27.5 Å². The molecule has 0 radical (unpaired) electrons. The Labute approximate surface area is 139 Å². The zero-order valence-electron chi connectivity index (χ0n) is 12.5. The van der Waals surface area contributed by atoms with Crippen molar-refractivity contribution in [3.63, 3.8) is 0 Å². The molecule has 1 atom stereocenters. The summed E-state index contributed by atoms with van der Waals surface area (Å²) in [5.74, 6) is 0. The monoisotopic (exact) mass is 370 g/mol. The summed E-state index contributed by atoms with van der Waals surface area (Å²) in [6.07, 6.45) is 4.54. The van der Waals surface area contributed by atoms with Crippen molar-refractivity contribution in [2.45, 2.75) is 39.3 Å². The van der Waals surface area contributed by atoms with Crippen molar-refractivity contribution in [2.24, 2.45) is 0 Å². The third-order valence-corrected chi connectivity index (χ3v) is 4.17. The average molecular weight is 372 g/mol. The van der Waals surface area contributed by atoms with Crippen LogP contribution in [0.25, 0.3) is 0 Å². The summed E-state index contributed by atoms with van der Waals surface area (Å²) in [7, 11) is 0. The highest BCUT2D eigenvalue weighted by Crippen LogP contribution is 2.32. The summed E-state index contributed by atoms with van der Waals surface area (Å²) in [4.78, 5) is 4.52. The molecule has 0 aliphatic rings. The molecule has 0 saturated carbocycles. The highest BCUT2D eigenvalue weighted by Gasteiger charge is 2.25. The molecule has 0 fully saturated rings. The molecule has 0 aliphatic heterocycles.